The highest BCUT2D eigenvalue weighted by Crippen LogP contribution is 2.41. The van der Waals surface area contributed by atoms with Crippen LogP contribution in [-0.4, -0.2) is 71.0 Å². The van der Waals surface area contributed by atoms with Crippen LogP contribution >= 0.6 is 0 Å². The number of benzene rings is 2. The molecule has 57 heavy (non-hydrogen) atoms. The number of carbonyl (C=O) groups is 2. The average Bonchev–Trinajstić information content (AvgIpc) is 3.87. The van der Waals surface area contributed by atoms with Crippen molar-refractivity contribution in [2.24, 2.45) is 11.5 Å². The molecule has 4 atom stereocenters. The second kappa shape index (κ2) is 18.0. The molecule has 0 saturated carbocycles. The molecule has 1 unspecified atom stereocenters. The molecule has 2 amide bonds. The van der Waals surface area contributed by atoms with Crippen molar-refractivity contribution < 1.29 is 31.0 Å². The molecule has 0 fully saturated rings. The number of aromatic amines is 1. The van der Waals surface area contributed by atoms with Crippen molar-refractivity contribution in [3.05, 3.63) is 96.4 Å². The molecule has 0 aliphatic heterocycles. The summed E-state index contributed by atoms with van der Waals surface area (Å²) < 4.78 is 42.1. The Hall–Kier alpha value is -3.80. The van der Waals surface area contributed by atoms with Gasteiger partial charge in [0.2, 0.25) is 11.8 Å². The van der Waals surface area contributed by atoms with Gasteiger partial charge in [0.15, 0.2) is 16.6 Å². The molecular weight excluding hydrogens is 773 g/mol. The lowest BCUT2D eigenvalue weighted by Gasteiger charge is -2.38. The molecule has 2 aliphatic carbocycles. The molecule has 5 N–H and O–H groups in total. The molecule has 11 nitrogen and oxygen atoms in total. The van der Waals surface area contributed by atoms with E-state index >= 15 is 0 Å². The Labute approximate surface area is 341 Å². The molecule has 0 bridgehead atoms. The zero-order chi connectivity index (χ0) is 42.6. The van der Waals surface area contributed by atoms with Gasteiger partial charge in [-0.3, -0.25) is 13.8 Å². The largest absolute Gasteiger partial charge is 0.410 e. The van der Waals surface area contributed by atoms with Crippen molar-refractivity contribution in [2.45, 2.75) is 128 Å². The third kappa shape index (κ3) is 12.6. The maximum atomic E-state index is 11.4. The smallest absolute Gasteiger partial charge is 0.264 e. The van der Waals surface area contributed by atoms with E-state index in [4.69, 9.17) is 24.5 Å². The number of para-hydroxylation sites is 2. The first kappa shape index (κ1) is 45.9. The van der Waals surface area contributed by atoms with Crippen molar-refractivity contribution in [3.8, 4) is 0 Å². The van der Waals surface area contributed by atoms with E-state index in [1.54, 1.807) is 6.08 Å². The summed E-state index contributed by atoms with van der Waals surface area (Å²) in [5.74, 6) is -0.598. The summed E-state index contributed by atoms with van der Waals surface area (Å²) in [5, 5.41) is 2.53. The summed E-state index contributed by atoms with van der Waals surface area (Å²) in [7, 11) is -7.01. The Morgan fingerprint density at radius 1 is 0.737 bits per heavy atom. The fourth-order valence-electron chi connectivity index (χ4n) is 6.41. The molecule has 312 valence electrons. The van der Waals surface area contributed by atoms with Gasteiger partial charge in [0.05, 0.1) is 43.5 Å². The number of carbonyl (C=O) groups excluding carboxylic acids is 2. The molecule has 0 spiro atoms. The van der Waals surface area contributed by atoms with Gasteiger partial charge in [0.25, 0.3) is 10.1 Å². The second-order valence-electron chi connectivity index (χ2n) is 18.2. The number of allylic oxidation sites excluding steroid dienone is 1. The lowest BCUT2D eigenvalue weighted by Crippen LogP contribution is -2.43. The Balaban J connectivity index is 0.000000202. The first-order valence-corrected chi connectivity index (χ1v) is 27.2. The Kier molecular flexibility index (Phi) is 14.5. The van der Waals surface area contributed by atoms with Crippen LogP contribution in [0.5, 0.6) is 0 Å². The molecule has 2 heterocycles. The minimum Gasteiger partial charge on any atom is -0.410 e. The number of hydrogen-bond donors (Lipinski definition) is 3. The molecule has 0 saturated heterocycles. The van der Waals surface area contributed by atoms with Crippen LogP contribution in [0.25, 0.3) is 21.8 Å². The van der Waals surface area contributed by atoms with Gasteiger partial charge >= 0.3 is 0 Å². The van der Waals surface area contributed by atoms with E-state index in [-0.39, 0.29) is 52.7 Å². The summed E-state index contributed by atoms with van der Waals surface area (Å²) in [6, 6.07) is 16.3. The minimum atomic E-state index is -3.40. The monoisotopic (exact) mass is 836 g/mol. The lowest BCUT2D eigenvalue weighted by atomic mass is 10.1. The van der Waals surface area contributed by atoms with Gasteiger partial charge in [-0.15, -0.1) is 0 Å². The predicted octanol–water partition coefficient (Wildman–Crippen LogP) is 8.44. The molecule has 14 heteroatoms. The average molecular weight is 837 g/mol. The van der Waals surface area contributed by atoms with Crippen LogP contribution in [-0.2, 0) is 45.6 Å². The number of H-pyrrole nitrogens is 1. The standard InChI is InChI=1S/C21H30N2O2Si.C12H24O4SSi.C10H10N2O/c1-21(2,3)26(4,5)25-17-11-10-16(13-17)23-14-15(12-20(22)24)18-8-6-7-9-19(18)23;1-12(2,3)18(5,6)16-11-8-7-10(9-11)15-17(4,13)14;11-10(13)5-7-6-12-9-4-2-1-3-8(7)9/h6-11,14,16-17H,12-13H2,1-5H3,(H2,22,24);7-8,10-11H,9H2,1-6H3;1-4,6,12H,5H2,(H2,11,13)/t16?,17-;10-,11+;/m10./s1. The highest BCUT2D eigenvalue weighted by atomic mass is 32.2. The molecule has 2 aromatic heterocycles. The normalized spacial score (nSPS) is 20.0. The topological polar surface area (TPSA) is 169 Å². The van der Waals surface area contributed by atoms with Crippen molar-refractivity contribution in [3.63, 3.8) is 0 Å². The van der Waals surface area contributed by atoms with Crippen molar-refractivity contribution in [1.82, 2.24) is 9.55 Å². The molecular formula is C43H64N4O7SSi2. The Morgan fingerprint density at radius 3 is 1.79 bits per heavy atom. The highest BCUT2D eigenvalue weighted by Gasteiger charge is 2.41. The van der Waals surface area contributed by atoms with Gasteiger partial charge in [0.1, 0.15) is 0 Å². The van der Waals surface area contributed by atoms with Gasteiger partial charge in [-0.05, 0) is 59.5 Å². The maximum absolute atomic E-state index is 11.4. The predicted molar refractivity (Wildman–Crippen MR) is 236 cm³/mol. The minimum absolute atomic E-state index is 0.0300. The van der Waals surface area contributed by atoms with Crippen LogP contribution in [0, 0.1) is 0 Å². The van der Waals surface area contributed by atoms with E-state index in [1.165, 1.54) is 0 Å². The summed E-state index contributed by atoms with van der Waals surface area (Å²) >= 11 is 0. The number of primary amides is 2. The summed E-state index contributed by atoms with van der Waals surface area (Å²) in [4.78, 5) is 25.2. The fraction of sp³-hybridized carbons (Fsp3) is 0.488. The number of fused-ring (bicyclic) bond motifs is 2. The van der Waals surface area contributed by atoms with E-state index in [0.717, 1.165) is 45.6 Å². The van der Waals surface area contributed by atoms with Gasteiger partial charge < -0.3 is 29.9 Å². The van der Waals surface area contributed by atoms with E-state index in [1.807, 2.05) is 48.7 Å². The zero-order valence-electron chi connectivity index (χ0n) is 35.6. The number of rotatable bonds is 11. The molecule has 4 aromatic rings. The second-order valence-corrected chi connectivity index (χ2v) is 29.3. The van der Waals surface area contributed by atoms with E-state index in [9.17, 15) is 18.0 Å². The Bertz CT molecular complexity index is 2190. The van der Waals surface area contributed by atoms with E-state index in [0.29, 0.717) is 12.8 Å². The summed E-state index contributed by atoms with van der Waals surface area (Å²) in [5.41, 5.74) is 14.7. The van der Waals surface area contributed by atoms with Gasteiger partial charge in [0, 0.05) is 47.0 Å². The zero-order valence-corrected chi connectivity index (χ0v) is 38.4. The number of nitrogens with one attached hydrogen (secondary N) is 1. The van der Waals surface area contributed by atoms with E-state index in [2.05, 4.69) is 108 Å². The Morgan fingerprint density at radius 2 is 1.23 bits per heavy atom. The van der Waals surface area contributed by atoms with Crippen LogP contribution in [0.2, 0.25) is 36.3 Å². The van der Waals surface area contributed by atoms with Crippen molar-refractivity contribution in [1.29, 1.82) is 0 Å². The third-order valence-corrected chi connectivity index (χ3v) is 21.0. The van der Waals surface area contributed by atoms with Crippen molar-refractivity contribution >= 4 is 60.4 Å². The number of aromatic nitrogens is 2. The third-order valence-electron chi connectivity index (χ3n) is 11.4. The van der Waals surface area contributed by atoms with Gasteiger partial charge in [-0.2, -0.15) is 8.42 Å². The molecule has 2 aliphatic rings. The van der Waals surface area contributed by atoms with E-state index < -0.39 is 26.8 Å². The maximum Gasteiger partial charge on any atom is 0.264 e. The number of hydrogen-bond acceptors (Lipinski definition) is 7. The quantitative estimate of drug-likeness (QED) is 0.0774. The van der Waals surface area contributed by atoms with Crippen LogP contribution in [0.1, 0.15) is 71.6 Å². The molecule has 0 radical (unpaired) electrons. The molecule has 2 aromatic carbocycles. The highest BCUT2D eigenvalue weighted by molar-refractivity contribution is 7.86. The number of nitrogens with two attached hydrogens (primary N) is 2. The number of nitrogens with zero attached hydrogens (tertiary/aromatic N) is 1. The van der Waals surface area contributed by atoms with Gasteiger partial charge in [-0.1, -0.05) is 102 Å². The van der Waals surface area contributed by atoms with Crippen LogP contribution in [0.3, 0.4) is 0 Å². The van der Waals surface area contributed by atoms with Crippen LogP contribution in [0.4, 0.5) is 0 Å². The first-order chi connectivity index (χ1) is 26.3. The summed E-state index contributed by atoms with van der Waals surface area (Å²) in [6.07, 6.45) is 14.9. The fourth-order valence-corrected chi connectivity index (χ4v) is 9.58. The number of amides is 2. The van der Waals surface area contributed by atoms with Crippen LogP contribution < -0.4 is 11.5 Å². The van der Waals surface area contributed by atoms with Crippen LogP contribution in [0.15, 0.2) is 85.2 Å². The van der Waals surface area contributed by atoms with Gasteiger partial charge in [-0.25, -0.2) is 0 Å². The lowest BCUT2D eigenvalue weighted by molar-refractivity contribution is -0.118. The summed E-state index contributed by atoms with van der Waals surface area (Å²) in [6.45, 7) is 22.3. The van der Waals surface area contributed by atoms with Crippen molar-refractivity contribution in [2.75, 3.05) is 6.26 Å². The first-order valence-electron chi connectivity index (χ1n) is 19.6. The SMILES string of the molecule is CC(C)(C)[Si](C)(C)O[C@@H]1C=CC(n2cc(CC(N)=O)c3ccccc32)C1.CC(C)(C)[Si](C)(C)O[C@@H]1C=C[C@H](OS(C)(=O)=O)C1.NC(=O)Cc1c[nH]c2ccccc12. The molecule has 6 rings (SSSR count).